The summed E-state index contributed by atoms with van der Waals surface area (Å²) < 4.78 is 13.5. The van der Waals surface area contributed by atoms with E-state index < -0.39 is 17.8 Å². The lowest BCUT2D eigenvalue weighted by molar-refractivity contribution is -0.142. The number of carbonyl (C=O) groups is 2. The number of carbonyl (C=O) groups excluding carboxylic acids is 1. The molecule has 2 N–H and O–H groups in total. The molecule has 0 radical (unpaired) electrons. The molecule has 0 saturated heterocycles. The summed E-state index contributed by atoms with van der Waals surface area (Å²) in [5.41, 5.74) is 0.280. The minimum Gasteiger partial charge on any atom is -0.479 e. The molecule has 0 bridgehead atoms. The van der Waals surface area contributed by atoms with Crippen LogP contribution in [0.5, 0.6) is 0 Å². The third-order valence-corrected chi connectivity index (χ3v) is 5.22. The summed E-state index contributed by atoms with van der Waals surface area (Å²) in [6.45, 7) is 0. The number of rotatable bonds is 4. The second-order valence-corrected chi connectivity index (χ2v) is 6.69. The van der Waals surface area contributed by atoms with Gasteiger partial charge in [-0.3, -0.25) is 4.79 Å². The first-order valence-corrected chi connectivity index (χ1v) is 7.79. The number of benzene rings is 1. The highest BCUT2D eigenvalue weighted by atomic mass is 35.5. The van der Waals surface area contributed by atoms with E-state index in [0.29, 0.717) is 0 Å². The molecule has 0 aromatic heterocycles. The van der Waals surface area contributed by atoms with Gasteiger partial charge in [-0.05, 0) is 42.4 Å². The molecular weight excluding hydrogens is 309 g/mol. The van der Waals surface area contributed by atoms with Crippen molar-refractivity contribution in [1.82, 2.24) is 5.32 Å². The van der Waals surface area contributed by atoms with Crippen LogP contribution in [0.4, 0.5) is 4.39 Å². The Kier molecular flexibility index (Phi) is 3.85. The fourth-order valence-electron chi connectivity index (χ4n) is 3.57. The third-order valence-electron chi connectivity index (χ3n) is 4.92. The largest absolute Gasteiger partial charge is 0.479 e. The summed E-state index contributed by atoms with van der Waals surface area (Å²) in [5.74, 6) is -2.26. The molecule has 2 fully saturated rings. The number of nitrogens with one attached hydrogen (secondary N) is 1. The van der Waals surface area contributed by atoms with Crippen LogP contribution in [0.1, 0.15) is 43.7 Å². The standard InChI is InChI=1S/C16H17ClFNO3/c17-11-4-3-9(7-12(11)18)13(15(21)22)19-14(20)10-8-16(10)5-1-2-6-16/h3-4,7,10,13H,1-2,5-6,8H2,(H,19,20)(H,21,22). The van der Waals surface area contributed by atoms with Gasteiger partial charge in [0.05, 0.1) is 5.02 Å². The molecule has 3 rings (SSSR count). The fourth-order valence-corrected chi connectivity index (χ4v) is 3.69. The quantitative estimate of drug-likeness (QED) is 0.892. The van der Waals surface area contributed by atoms with E-state index in [9.17, 15) is 19.1 Å². The number of carboxylic acids is 1. The number of halogens is 2. The van der Waals surface area contributed by atoms with Crippen molar-refractivity contribution in [3.63, 3.8) is 0 Å². The lowest BCUT2D eigenvalue weighted by atomic mass is 10.0. The summed E-state index contributed by atoms with van der Waals surface area (Å²) in [6.07, 6.45) is 5.18. The van der Waals surface area contributed by atoms with Gasteiger partial charge in [0.1, 0.15) is 5.82 Å². The molecule has 22 heavy (non-hydrogen) atoms. The molecule has 1 amide bonds. The van der Waals surface area contributed by atoms with Crippen LogP contribution in [-0.4, -0.2) is 17.0 Å². The van der Waals surface area contributed by atoms with E-state index in [4.69, 9.17) is 11.6 Å². The smallest absolute Gasteiger partial charge is 0.330 e. The van der Waals surface area contributed by atoms with Gasteiger partial charge in [0, 0.05) is 5.92 Å². The highest BCUT2D eigenvalue weighted by molar-refractivity contribution is 6.30. The molecule has 2 aliphatic rings. The lowest BCUT2D eigenvalue weighted by Crippen LogP contribution is -2.35. The van der Waals surface area contributed by atoms with Crippen LogP contribution in [0, 0.1) is 17.2 Å². The maximum Gasteiger partial charge on any atom is 0.330 e. The molecule has 118 valence electrons. The Bertz CT molecular complexity index is 628. The highest BCUT2D eigenvalue weighted by Crippen LogP contribution is 2.62. The van der Waals surface area contributed by atoms with Crippen molar-refractivity contribution in [2.45, 2.75) is 38.1 Å². The van der Waals surface area contributed by atoms with Gasteiger partial charge < -0.3 is 10.4 Å². The van der Waals surface area contributed by atoms with Crippen molar-refractivity contribution in [3.05, 3.63) is 34.6 Å². The zero-order chi connectivity index (χ0) is 15.9. The average Bonchev–Trinajstić information content (AvgIpc) is 2.96. The fraction of sp³-hybridized carbons (Fsp3) is 0.500. The first kappa shape index (κ1) is 15.3. The van der Waals surface area contributed by atoms with Crippen LogP contribution in [0.3, 0.4) is 0 Å². The van der Waals surface area contributed by atoms with E-state index in [1.807, 2.05) is 0 Å². The minimum atomic E-state index is -1.25. The van der Waals surface area contributed by atoms with Crippen LogP contribution < -0.4 is 5.32 Å². The van der Waals surface area contributed by atoms with E-state index in [1.54, 1.807) is 0 Å². The maximum atomic E-state index is 13.5. The summed E-state index contributed by atoms with van der Waals surface area (Å²) in [4.78, 5) is 23.7. The van der Waals surface area contributed by atoms with Crippen LogP contribution in [0.2, 0.25) is 5.02 Å². The molecule has 1 aromatic rings. The lowest BCUT2D eigenvalue weighted by Gasteiger charge is -2.16. The molecular formula is C16H17ClFNO3. The van der Waals surface area contributed by atoms with Gasteiger partial charge in [0.15, 0.2) is 6.04 Å². The van der Waals surface area contributed by atoms with Crippen molar-refractivity contribution in [1.29, 1.82) is 0 Å². The summed E-state index contributed by atoms with van der Waals surface area (Å²) in [6, 6.07) is 2.52. The molecule has 1 aromatic carbocycles. The number of aliphatic carboxylic acids is 1. The number of amides is 1. The van der Waals surface area contributed by atoms with Crippen LogP contribution >= 0.6 is 11.6 Å². The average molecular weight is 326 g/mol. The molecule has 0 heterocycles. The van der Waals surface area contributed by atoms with Crippen LogP contribution in [0.25, 0.3) is 0 Å². The topological polar surface area (TPSA) is 66.4 Å². The van der Waals surface area contributed by atoms with Crippen molar-refractivity contribution in [3.8, 4) is 0 Å². The van der Waals surface area contributed by atoms with Crippen molar-refractivity contribution >= 4 is 23.5 Å². The Morgan fingerprint density at radius 1 is 1.36 bits per heavy atom. The van der Waals surface area contributed by atoms with Crippen LogP contribution in [-0.2, 0) is 9.59 Å². The Morgan fingerprint density at radius 2 is 2.05 bits per heavy atom. The molecule has 6 heteroatoms. The Morgan fingerprint density at radius 3 is 2.64 bits per heavy atom. The molecule has 4 nitrogen and oxygen atoms in total. The Hall–Kier alpha value is -1.62. The molecule has 2 atom stereocenters. The molecule has 2 unspecified atom stereocenters. The van der Waals surface area contributed by atoms with Gasteiger partial charge in [-0.15, -0.1) is 0 Å². The van der Waals surface area contributed by atoms with Crippen molar-refractivity contribution < 1.29 is 19.1 Å². The van der Waals surface area contributed by atoms with Crippen molar-refractivity contribution in [2.75, 3.05) is 0 Å². The van der Waals surface area contributed by atoms with Crippen LogP contribution in [0.15, 0.2) is 18.2 Å². The first-order valence-electron chi connectivity index (χ1n) is 7.41. The second-order valence-electron chi connectivity index (χ2n) is 6.28. The molecule has 2 saturated carbocycles. The number of hydrogen-bond donors (Lipinski definition) is 2. The zero-order valence-electron chi connectivity index (χ0n) is 11.9. The Labute approximate surface area is 132 Å². The maximum absolute atomic E-state index is 13.5. The van der Waals surface area contributed by atoms with Gasteiger partial charge in [-0.25, -0.2) is 9.18 Å². The summed E-state index contributed by atoms with van der Waals surface area (Å²) in [5, 5.41) is 11.8. The summed E-state index contributed by atoms with van der Waals surface area (Å²) in [7, 11) is 0. The van der Waals surface area contributed by atoms with E-state index in [-0.39, 0.29) is 27.8 Å². The van der Waals surface area contributed by atoms with E-state index >= 15 is 0 Å². The predicted molar refractivity (Wildman–Crippen MR) is 78.9 cm³/mol. The van der Waals surface area contributed by atoms with E-state index in [0.717, 1.165) is 38.2 Å². The molecule has 2 aliphatic carbocycles. The number of carboxylic acid groups (broad SMARTS) is 1. The van der Waals surface area contributed by atoms with Crippen molar-refractivity contribution in [2.24, 2.45) is 11.3 Å². The van der Waals surface area contributed by atoms with Gasteiger partial charge in [-0.2, -0.15) is 0 Å². The van der Waals surface area contributed by atoms with Gasteiger partial charge in [0.25, 0.3) is 0 Å². The minimum absolute atomic E-state index is 0.0775. The van der Waals surface area contributed by atoms with Gasteiger partial charge >= 0.3 is 5.97 Å². The first-order chi connectivity index (χ1) is 10.4. The van der Waals surface area contributed by atoms with E-state index in [2.05, 4.69) is 5.32 Å². The third kappa shape index (κ3) is 2.70. The molecule has 0 aliphatic heterocycles. The van der Waals surface area contributed by atoms with Gasteiger partial charge in [0.2, 0.25) is 5.91 Å². The second kappa shape index (κ2) is 5.54. The highest BCUT2D eigenvalue weighted by Gasteiger charge is 2.58. The molecule has 1 spiro atoms. The number of hydrogen-bond acceptors (Lipinski definition) is 2. The predicted octanol–water partition coefficient (Wildman–Crippen LogP) is 3.30. The summed E-state index contributed by atoms with van der Waals surface area (Å²) >= 11 is 5.60. The zero-order valence-corrected chi connectivity index (χ0v) is 12.7. The van der Waals surface area contributed by atoms with E-state index in [1.165, 1.54) is 12.1 Å². The SMILES string of the molecule is O=C(O)C(NC(=O)C1CC12CCCC2)c1ccc(Cl)c(F)c1. The monoisotopic (exact) mass is 325 g/mol. The normalized spacial score (nSPS) is 23.3. The Balaban J connectivity index is 1.73. The van der Waals surface area contributed by atoms with Gasteiger partial charge in [-0.1, -0.05) is 30.5 Å².